The SMILES string of the molecule is CC(C)(C)[Si](C)(C)O[C@H](COCc1ccccc1)CC1(CC(=O)COCc2ccccc2)SCCCS1. The highest BCUT2D eigenvalue weighted by Gasteiger charge is 2.43. The molecular weight excluding hydrogens is 517 g/mol. The third-order valence-corrected chi connectivity index (χ3v) is 15.0. The van der Waals surface area contributed by atoms with Crippen molar-refractivity contribution in [1.29, 1.82) is 0 Å². The van der Waals surface area contributed by atoms with Crippen molar-refractivity contribution >= 4 is 37.6 Å². The summed E-state index contributed by atoms with van der Waals surface area (Å²) in [5, 5.41) is 0.103. The maximum atomic E-state index is 13.1. The number of carbonyl (C=O) groups excluding carboxylic acids is 1. The molecule has 0 amide bonds. The average molecular weight is 561 g/mol. The van der Waals surface area contributed by atoms with Crippen LogP contribution >= 0.6 is 23.5 Å². The molecule has 0 unspecified atom stereocenters. The Labute approximate surface area is 233 Å². The van der Waals surface area contributed by atoms with Crippen molar-refractivity contribution in [3.63, 3.8) is 0 Å². The molecular formula is C30H44O4S2Si. The Morgan fingerprint density at radius 3 is 2.00 bits per heavy atom. The molecule has 2 aromatic carbocycles. The van der Waals surface area contributed by atoms with Gasteiger partial charge in [0.05, 0.1) is 30.0 Å². The van der Waals surface area contributed by atoms with Crippen molar-refractivity contribution in [3.8, 4) is 0 Å². The van der Waals surface area contributed by atoms with Crippen molar-refractivity contribution < 1.29 is 18.7 Å². The first kappa shape index (κ1) is 30.4. The van der Waals surface area contributed by atoms with Gasteiger partial charge in [-0.15, -0.1) is 23.5 Å². The summed E-state index contributed by atoms with van der Waals surface area (Å²) in [6.07, 6.45) is 2.41. The van der Waals surface area contributed by atoms with E-state index in [2.05, 4.69) is 46.0 Å². The second kappa shape index (κ2) is 14.3. The average Bonchev–Trinajstić information content (AvgIpc) is 2.85. The lowest BCUT2D eigenvalue weighted by Gasteiger charge is -2.43. The molecule has 204 valence electrons. The van der Waals surface area contributed by atoms with Gasteiger partial charge in [0, 0.05) is 6.42 Å². The van der Waals surface area contributed by atoms with E-state index in [0.717, 1.165) is 29.1 Å². The van der Waals surface area contributed by atoms with Crippen LogP contribution in [-0.4, -0.2) is 49.0 Å². The lowest BCUT2D eigenvalue weighted by Crippen LogP contribution is -2.47. The maximum absolute atomic E-state index is 13.1. The molecule has 2 aromatic rings. The van der Waals surface area contributed by atoms with E-state index >= 15 is 0 Å². The summed E-state index contributed by atoms with van der Waals surface area (Å²) in [7, 11) is -2.02. The zero-order valence-corrected chi connectivity index (χ0v) is 25.8. The number of rotatable bonds is 14. The van der Waals surface area contributed by atoms with Crippen LogP contribution in [0.4, 0.5) is 0 Å². The van der Waals surface area contributed by atoms with Crippen LogP contribution in [0.5, 0.6) is 0 Å². The van der Waals surface area contributed by atoms with Crippen LogP contribution in [0.25, 0.3) is 0 Å². The highest BCUT2D eigenvalue weighted by atomic mass is 32.2. The van der Waals surface area contributed by atoms with E-state index in [1.54, 1.807) is 0 Å². The van der Waals surface area contributed by atoms with Crippen LogP contribution in [-0.2, 0) is 31.9 Å². The van der Waals surface area contributed by atoms with Crippen LogP contribution in [0.15, 0.2) is 60.7 Å². The molecule has 1 heterocycles. The summed E-state index contributed by atoms with van der Waals surface area (Å²) in [6, 6.07) is 20.3. The molecule has 1 aliphatic rings. The van der Waals surface area contributed by atoms with Gasteiger partial charge in [0.25, 0.3) is 0 Å². The number of hydrogen-bond acceptors (Lipinski definition) is 6. The van der Waals surface area contributed by atoms with Crippen molar-refractivity contribution in [2.45, 2.75) is 81.6 Å². The fourth-order valence-corrected chi connectivity index (χ4v) is 8.88. The number of carbonyl (C=O) groups is 1. The van der Waals surface area contributed by atoms with Gasteiger partial charge >= 0.3 is 0 Å². The highest BCUT2D eigenvalue weighted by Crippen LogP contribution is 2.49. The Morgan fingerprint density at radius 2 is 1.46 bits per heavy atom. The van der Waals surface area contributed by atoms with Crippen LogP contribution in [0, 0.1) is 0 Å². The minimum atomic E-state index is -2.02. The molecule has 0 radical (unpaired) electrons. The van der Waals surface area contributed by atoms with Gasteiger partial charge in [0.1, 0.15) is 6.61 Å². The Hall–Kier alpha value is -1.09. The Balaban J connectivity index is 1.66. The van der Waals surface area contributed by atoms with Crippen LogP contribution in [0.1, 0.15) is 51.2 Å². The second-order valence-corrected chi connectivity index (χ2v) is 19.3. The Kier molecular flexibility index (Phi) is 11.8. The van der Waals surface area contributed by atoms with Gasteiger partial charge in [0.2, 0.25) is 0 Å². The molecule has 1 saturated heterocycles. The molecule has 37 heavy (non-hydrogen) atoms. The van der Waals surface area contributed by atoms with E-state index in [0.29, 0.717) is 26.2 Å². The molecule has 1 aliphatic heterocycles. The van der Waals surface area contributed by atoms with E-state index in [1.165, 1.54) is 6.42 Å². The fraction of sp³-hybridized carbons (Fsp3) is 0.567. The van der Waals surface area contributed by atoms with Gasteiger partial charge in [0.15, 0.2) is 14.1 Å². The van der Waals surface area contributed by atoms with E-state index in [4.69, 9.17) is 13.9 Å². The molecule has 1 fully saturated rings. The number of hydrogen-bond donors (Lipinski definition) is 0. The molecule has 0 saturated carbocycles. The number of Topliss-reactive ketones (excluding diaryl/α,β-unsaturated/α-hetero) is 1. The standard InChI is InChI=1S/C30H44O4S2Si/c1-29(2,3)37(4,5)34-28(24-33-22-26-15-10-7-11-16-26)20-30(35-17-12-18-36-30)19-27(31)23-32-21-25-13-8-6-9-14-25/h6-11,13-16,28H,12,17-24H2,1-5H3/t28-/m0/s1. The van der Waals surface area contributed by atoms with Crippen molar-refractivity contribution in [2.75, 3.05) is 24.7 Å². The predicted molar refractivity (Wildman–Crippen MR) is 161 cm³/mol. The van der Waals surface area contributed by atoms with E-state index < -0.39 is 8.32 Å². The molecule has 4 nitrogen and oxygen atoms in total. The third-order valence-electron chi connectivity index (χ3n) is 7.08. The first-order valence-electron chi connectivity index (χ1n) is 13.3. The van der Waals surface area contributed by atoms with E-state index in [1.807, 2.05) is 72.1 Å². The van der Waals surface area contributed by atoms with Crippen LogP contribution < -0.4 is 0 Å². The lowest BCUT2D eigenvalue weighted by atomic mass is 10.1. The summed E-state index contributed by atoms with van der Waals surface area (Å²) < 4.78 is 18.7. The predicted octanol–water partition coefficient (Wildman–Crippen LogP) is 7.73. The van der Waals surface area contributed by atoms with Gasteiger partial charge in [-0.05, 0) is 53.6 Å². The molecule has 0 aromatic heterocycles. The summed E-state index contributed by atoms with van der Waals surface area (Å²) in [5.41, 5.74) is 2.25. The summed E-state index contributed by atoms with van der Waals surface area (Å²) in [6.45, 7) is 13.1. The lowest BCUT2D eigenvalue weighted by molar-refractivity contribution is -0.124. The number of ketones is 1. The Bertz CT molecular complexity index is 941. The number of ether oxygens (including phenoxy) is 2. The number of benzene rings is 2. The minimum absolute atomic E-state index is 0.0549. The third kappa shape index (κ3) is 10.2. The van der Waals surface area contributed by atoms with E-state index in [-0.39, 0.29) is 27.6 Å². The van der Waals surface area contributed by atoms with Crippen LogP contribution in [0.2, 0.25) is 18.1 Å². The fourth-order valence-electron chi connectivity index (χ4n) is 4.07. The zero-order chi connectivity index (χ0) is 26.8. The first-order valence-corrected chi connectivity index (χ1v) is 18.2. The molecule has 0 spiro atoms. The molecule has 0 aliphatic carbocycles. The first-order chi connectivity index (χ1) is 17.6. The highest BCUT2D eigenvalue weighted by molar-refractivity contribution is 8.18. The van der Waals surface area contributed by atoms with E-state index in [9.17, 15) is 4.79 Å². The zero-order valence-electron chi connectivity index (χ0n) is 23.2. The topological polar surface area (TPSA) is 44.8 Å². The second-order valence-electron chi connectivity index (χ2n) is 11.4. The largest absolute Gasteiger partial charge is 0.412 e. The minimum Gasteiger partial charge on any atom is -0.412 e. The Morgan fingerprint density at radius 1 is 0.919 bits per heavy atom. The van der Waals surface area contributed by atoms with Gasteiger partial charge in [-0.3, -0.25) is 4.79 Å². The molecule has 0 N–H and O–H groups in total. The normalized spacial score (nSPS) is 16.9. The summed E-state index contributed by atoms with van der Waals surface area (Å²) in [4.78, 5) is 13.1. The van der Waals surface area contributed by atoms with Crippen molar-refractivity contribution in [1.82, 2.24) is 0 Å². The quantitative estimate of drug-likeness (QED) is 0.220. The summed E-state index contributed by atoms with van der Waals surface area (Å²) >= 11 is 3.85. The molecule has 7 heteroatoms. The van der Waals surface area contributed by atoms with Gasteiger partial charge < -0.3 is 13.9 Å². The van der Waals surface area contributed by atoms with Gasteiger partial charge in [-0.2, -0.15) is 0 Å². The monoisotopic (exact) mass is 560 g/mol. The smallest absolute Gasteiger partial charge is 0.192 e. The molecule has 0 bridgehead atoms. The van der Waals surface area contributed by atoms with Gasteiger partial charge in [-0.1, -0.05) is 81.4 Å². The van der Waals surface area contributed by atoms with Gasteiger partial charge in [-0.25, -0.2) is 0 Å². The van der Waals surface area contributed by atoms with Crippen molar-refractivity contribution in [3.05, 3.63) is 71.8 Å². The molecule has 1 atom stereocenters. The van der Waals surface area contributed by atoms with Crippen LogP contribution in [0.3, 0.4) is 0 Å². The molecule has 3 rings (SSSR count). The maximum Gasteiger partial charge on any atom is 0.192 e. The van der Waals surface area contributed by atoms with Crippen molar-refractivity contribution in [2.24, 2.45) is 0 Å². The number of thioether (sulfide) groups is 2. The summed E-state index contributed by atoms with van der Waals surface area (Å²) in [5.74, 6) is 2.31.